The molecule has 0 radical (unpaired) electrons. The number of piperidine rings is 1. The van der Waals surface area contributed by atoms with Gasteiger partial charge in [-0.2, -0.15) is 0 Å². The summed E-state index contributed by atoms with van der Waals surface area (Å²) in [6.07, 6.45) is 1.88. The van der Waals surface area contributed by atoms with Crippen LogP contribution in [-0.2, 0) is 6.54 Å². The predicted octanol–water partition coefficient (Wildman–Crippen LogP) is 2.41. The summed E-state index contributed by atoms with van der Waals surface area (Å²) in [5.41, 5.74) is 1.65. The van der Waals surface area contributed by atoms with E-state index in [0.717, 1.165) is 42.2 Å². The van der Waals surface area contributed by atoms with Crippen LogP contribution in [0.5, 0.6) is 0 Å². The minimum absolute atomic E-state index is 0.600. The molecule has 4 heteroatoms. The van der Waals surface area contributed by atoms with Crippen LogP contribution >= 0.6 is 11.6 Å². The monoisotopic (exact) mass is 268 g/mol. The van der Waals surface area contributed by atoms with Gasteiger partial charge in [-0.3, -0.25) is 0 Å². The van der Waals surface area contributed by atoms with Gasteiger partial charge in [-0.1, -0.05) is 17.7 Å². The van der Waals surface area contributed by atoms with Crippen molar-refractivity contribution in [3.05, 3.63) is 28.8 Å². The summed E-state index contributed by atoms with van der Waals surface area (Å²) in [5, 5.41) is 14.1. The van der Waals surface area contributed by atoms with E-state index in [-0.39, 0.29) is 0 Å². The molecule has 0 aromatic heterocycles. The zero-order valence-electron chi connectivity index (χ0n) is 11.0. The molecule has 1 aliphatic rings. The van der Waals surface area contributed by atoms with Crippen molar-refractivity contribution in [3.63, 3.8) is 0 Å². The van der Waals surface area contributed by atoms with Crippen molar-refractivity contribution in [2.24, 2.45) is 0 Å². The van der Waals surface area contributed by atoms with E-state index >= 15 is 0 Å². The molecule has 0 bridgehead atoms. The zero-order chi connectivity index (χ0) is 13.2. The van der Waals surface area contributed by atoms with Crippen molar-refractivity contribution in [1.29, 1.82) is 0 Å². The second-order valence-electron chi connectivity index (χ2n) is 5.29. The van der Waals surface area contributed by atoms with Crippen LogP contribution in [0, 0.1) is 0 Å². The molecule has 1 aromatic rings. The lowest BCUT2D eigenvalue weighted by atomic mass is 9.94. The van der Waals surface area contributed by atoms with Gasteiger partial charge < -0.3 is 15.3 Å². The molecular formula is C14H21ClN2O. The summed E-state index contributed by atoms with van der Waals surface area (Å²) in [4.78, 5) is 2.24. The van der Waals surface area contributed by atoms with Crippen molar-refractivity contribution in [2.45, 2.75) is 31.9 Å². The molecule has 2 rings (SSSR count). The van der Waals surface area contributed by atoms with Gasteiger partial charge >= 0.3 is 0 Å². The standard InChI is InChI=1S/C14H21ClN2O/c1-14(18)7-4-8-17(10-14)13-6-3-5-12(15)11(13)9-16-2/h3,5-6,16,18H,4,7-10H2,1-2H3. The van der Waals surface area contributed by atoms with Crippen LogP contribution in [-0.4, -0.2) is 30.8 Å². The number of aliphatic hydroxyl groups is 1. The molecule has 1 saturated heterocycles. The van der Waals surface area contributed by atoms with E-state index in [0.29, 0.717) is 6.54 Å². The number of nitrogens with zero attached hydrogens (tertiary/aromatic N) is 1. The Hall–Kier alpha value is -0.770. The average Bonchev–Trinajstić information content (AvgIpc) is 2.30. The fourth-order valence-electron chi connectivity index (χ4n) is 2.62. The van der Waals surface area contributed by atoms with Crippen molar-refractivity contribution < 1.29 is 5.11 Å². The fourth-order valence-corrected chi connectivity index (χ4v) is 2.86. The second-order valence-corrected chi connectivity index (χ2v) is 5.70. The smallest absolute Gasteiger partial charge is 0.0794 e. The number of nitrogens with one attached hydrogen (secondary N) is 1. The molecule has 1 fully saturated rings. The molecule has 1 heterocycles. The van der Waals surface area contributed by atoms with Gasteiger partial charge in [0, 0.05) is 35.9 Å². The van der Waals surface area contributed by atoms with Crippen molar-refractivity contribution >= 4 is 17.3 Å². The van der Waals surface area contributed by atoms with Gasteiger partial charge in [-0.05, 0) is 38.9 Å². The number of hydrogen-bond donors (Lipinski definition) is 2. The van der Waals surface area contributed by atoms with E-state index in [2.05, 4.69) is 16.3 Å². The highest BCUT2D eigenvalue weighted by Gasteiger charge is 2.29. The Labute approximate surface area is 114 Å². The van der Waals surface area contributed by atoms with E-state index in [1.54, 1.807) is 0 Å². The zero-order valence-corrected chi connectivity index (χ0v) is 11.8. The first-order valence-electron chi connectivity index (χ1n) is 6.43. The molecule has 100 valence electrons. The Balaban J connectivity index is 2.29. The molecule has 0 aliphatic carbocycles. The molecule has 1 atom stereocenters. The van der Waals surface area contributed by atoms with Crippen LogP contribution < -0.4 is 10.2 Å². The van der Waals surface area contributed by atoms with E-state index in [1.165, 1.54) is 0 Å². The highest BCUT2D eigenvalue weighted by atomic mass is 35.5. The molecule has 0 saturated carbocycles. The summed E-state index contributed by atoms with van der Waals surface area (Å²) < 4.78 is 0. The number of hydrogen-bond acceptors (Lipinski definition) is 3. The first-order chi connectivity index (χ1) is 8.53. The van der Waals surface area contributed by atoms with Gasteiger partial charge in [-0.25, -0.2) is 0 Å². The van der Waals surface area contributed by atoms with E-state index in [4.69, 9.17) is 11.6 Å². The average molecular weight is 269 g/mol. The second kappa shape index (κ2) is 5.47. The maximum absolute atomic E-state index is 10.2. The number of rotatable bonds is 3. The summed E-state index contributed by atoms with van der Waals surface area (Å²) in [5.74, 6) is 0. The van der Waals surface area contributed by atoms with Crippen molar-refractivity contribution in [2.75, 3.05) is 25.0 Å². The number of β-amino-alcohol motifs (C(OH)–C–C–N with tert-alkyl or cyclic N) is 1. The van der Waals surface area contributed by atoms with Crippen LogP contribution in [0.4, 0.5) is 5.69 Å². The Morgan fingerprint density at radius 2 is 2.28 bits per heavy atom. The highest BCUT2D eigenvalue weighted by molar-refractivity contribution is 6.31. The normalized spacial score (nSPS) is 24.3. The highest BCUT2D eigenvalue weighted by Crippen LogP contribution is 2.31. The molecular weight excluding hydrogens is 248 g/mol. The molecule has 3 nitrogen and oxygen atoms in total. The van der Waals surface area contributed by atoms with Crippen LogP contribution in [0.15, 0.2) is 18.2 Å². The maximum Gasteiger partial charge on any atom is 0.0794 e. The Kier molecular flexibility index (Phi) is 4.15. The van der Waals surface area contributed by atoms with Gasteiger partial charge in [-0.15, -0.1) is 0 Å². The lowest BCUT2D eigenvalue weighted by molar-refractivity contribution is 0.0449. The summed E-state index contributed by atoms with van der Waals surface area (Å²) in [6, 6.07) is 5.97. The number of anilines is 1. The molecule has 18 heavy (non-hydrogen) atoms. The van der Waals surface area contributed by atoms with Crippen molar-refractivity contribution in [3.8, 4) is 0 Å². The quantitative estimate of drug-likeness (QED) is 0.884. The third-order valence-electron chi connectivity index (χ3n) is 3.46. The third-order valence-corrected chi connectivity index (χ3v) is 3.82. The van der Waals surface area contributed by atoms with E-state index in [1.807, 2.05) is 26.1 Å². The van der Waals surface area contributed by atoms with Gasteiger partial charge in [0.05, 0.1) is 5.60 Å². The fraction of sp³-hybridized carbons (Fsp3) is 0.571. The number of benzene rings is 1. The first kappa shape index (κ1) is 13.7. The van der Waals surface area contributed by atoms with Gasteiger partial charge in [0.25, 0.3) is 0 Å². The largest absolute Gasteiger partial charge is 0.388 e. The van der Waals surface area contributed by atoms with Gasteiger partial charge in [0.15, 0.2) is 0 Å². The van der Waals surface area contributed by atoms with Crippen molar-refractivity contribution in [1.82, 2.24) is 5.32 Å². The summed E-state index contributed by atoms with van der Waals surface area (Å²) >= 11 is 6.27. The SMILES string of the molecule is CNCc1c(Cl)cccc1N1CCCC(C)(O)C1. The lowest BCUT2D eigenvalue weighted by Crippen LogP contribution is -2.46. The van der Waals surface area contributed by atoms with E-state index < -0.39 is 5.60 Å². The first-order valence-corrected chi connectivity index (χ1v) is 6.80. The summed E-state index contributed by atoms with van der Waals surface area (Å²) in [7, 11) is 1.92. The Morgan fingerprint density at radius 3 is 2.94 bits per heavy atom. The van der Waals surface area contributed by atoms with Crippen LogP contribution in [0.3, 0.4) is 0 Å². The predicted molar refractivity (Wildman–Crippen MR) is 76.3 cm³/mol. The maximum atomic E-state index is 10.2. The minimum Gasteiger partial charge on any atom is -0.388 e. The van der Waals surface area contributed by atoms with Crippen LogP contribution in [0.25, 0.3) is 0 Å². The van der Waals surface area contributed by atoms with Crippen LogP contribution in [0.1, 0.15) is 25.3 Å². The Bertz CT molecular complexity index is 420. The number of halogens is 1. The van der Waals surface area contributed by atoms with Gasteiger partial charge in [0.1, 0.15) is 0 Å². The molecule has 1 aliphatic heterocycles. The van der Waals surface area contributed by atoms with Crippen LogP contribution in [0.2, 0.25) is 5.02 Å². The molecule has 0 amide bonds. The molecule has 1 aromatic carbocycles. The third kappa shape index (κ3) is 2.97. The molecule has 0 spiro atoms. The topological polar surface area (TPSA) is 35.5 Å². The molecule has 1 unspecified atom stereocenters. The minimum atomic E-state index is -0.600. The van der Waals surface area contributed by atoms with Gasteiger partial charge in [0.2, 0.25) is 0 Å². The van der Waals surface area contributed by atoms with E-state index in [9.17, 15) is 5.11 Å². The Morgan fingerprint density at radius 1 is 1.50 bits per heavy atom. The molecule has 2 N–H and O–H groups in total. The summed E-state index contributed by atoms with van der Waals surface area (Å²) in [6.45, 7) is 4.30. The lowest BCUT2D eigenvalue weighted by Gasteiger charge is -2.39.